The predicted molar refractivity (Wildman–Crippen MR) is 69.8 cm³/mol. The molecular weight excluding hydrogens is 268 g/mol. The summed E-state index contributed by atoms with van der Waals surface area (Å²) in [5, 5.41) is 6.26. The minimum atomic E-state index is -3.58. The first-order valence-electron chi connectivity index (χ1n) is 6.42. The second kappa shape index (κ2) is 6.00. The third-order valence-corrected chi connectivity index (χ3v) is 4.89. The summed E-state index contributed by atoms with van der Waals surface area (Å²) < 4.78 is 32.4. The fraction of sp³-hybridized carbons (Fsp3) is 0.727. The van der Waals surface area contributed by atoms with Gasteiger partial charge in [-0.15, -0.1) is 0 Å². The van der Waals surface area contributed by atoms with Gasteiger partial charge in [-0.05, 0) is 12.8 Å². The normalized spacial score (nSPS) is 23.9. The molecule has 4 N–H and O–H groups in total. The van der Waals surface area contributed by atoms with Crippen molar-refractivity contribution < 1.29 is 13.2 Å². The van der Waals surface area contributed by atoms with E-state index in [1.807, 2.05) is 6.92 Å². The van der Waals surface area contributed by atoms with Gasteiger partial charge in [-0.25, -0.2) is 13.1 Å². The molecule has 19 heavy (non-hydrogen) atoms. The fourth-order valence-corrected chi connectivity index (χ4v) is 3.58. The van der Waals surface area contributed by atoms with Crippen molar-refractivity contribution in [2.24, 2.45) is 11.7 Å². The molecule has 0 aliphatic carbocycles. The van der Waals surface area contributed by atoms with Gasteiger partial charge in [0.1, 0.15) is 0 Å². The molecule has 0 radical (unpaired) electrons. The van der Waals surface area contributed by atoms with E-state index in [1.54, 1.807) is 0 Å². The van der Waals surface area contributed by atoms with Crippen LogP contribution in [0, 0.1) is 5.92 Å². The third-order valence-electron chi connectivity index (χ3n) is 3.45. The molecule has 2 unspecified atom stereocenters. The molecule has 0 bridgehead atoms. The lowest BCUT2D eigenvalue weighted by Crippen LogP contribution is -2.33. The molecule has 1 aliphatic heterocycles. The number of nitrogens with two attached hydrogens (primary N) is 1. The molecule has 1 aromatic heterocycles. The molecule has 0 spiro atoms. The van der Waals surface area contributed by atoms with Crippen LogP contribution in [0.3, 0.4) is 0 Å². The Morgan fingerprint density at radius 3 is 3.11 bits per heavy atom. The maximum absolute atomic E-state index is 12.1. The van der Waals surface area contributed by atoms with Crippen LogP contribution in [0.15, 0.2) is 11.2 Å². The van der Waals surface area contributed by atoms with Crippen molar-refractivity contribution in [1.82, 2.24) is 14.9 Å². The number of sulfonamides is 1. The van der Waals surface area contributed by atoms with Gasteiger partial charge in [-0.2, -0.15) is 5.10 Å². The number of nitrogens with zero attached hydrogens (tertiary/aromatic N) is 1. The van der Waals surface area contributed by atoms with Crippen LogP contribution in [0.2, 0.25) is 0 Å². The highest BCUT2D eigenvalue weighted by Crippen LogP contribution is 2.23. The lowest BCUT2D eigenvalue weighted by Gasteiger charge is -2.17. The summed E-state index contributed by atoms with van der Waals surface area (Å²) in [6, 6.07) is 0. The zero-order valence-corrected chi connectivity index (χ0v) is 11.7. The standard InChI is InChI=1S/C11H20N4O3S/c1-2-10-8(3-4-18-10)7-14-19(16,17)11-9(5-12)6-13-15-11/h6,8,10,14H,2-5,7,12H2,1H3,(H,13,15). The smallest absolute Gasteiger partial charge is 0.257 e. The lowest BCUT2D eigenvalue weighted by molar-refractivity contribution is 0.0884. The van der Waals surface area contributed by atoms with Crippen LogP contribution in [0.1, 0.15) is 25.3 Å². The van der Waals surface area contributed by atoms with E-state index in [0.717, 1.165) is 12.8 Å². The zero-order chi connectivity index (χ0) is 13.9. The number of H-pyrrole nitrogens is 1. The SMILES string of the molecule is CCC1OCCC1CNS(=O)(=O)c1[nH]ncc1CN. The van der Waals surface area contributed by atoms with Crippen molar-refractivity contribution in [3.05, 3.63) is 11.8 Å². The monoisotopic (exact) mass is 288 g/mol. The molecule has 1 aliphatic rings. The average molecular weight is 288 g/mol. The second-order valence-corrected chi connectivity index (χ2v) is 6.35. The van der Waals surface area contributed by atoms with E-state index < -0.39 is 10.0 Å². The molecule has 0 amide bonds. The Morgan fingerprint density at radius 2 is 2.42 bits per heavy atom. The lowest BCUT2D eigenvalue weighted by atomic mass is 10.0. The first kappa shape index (κ1) is 14.4. The second-order valence-electron chi connectivity index (χ2n) is 4.65. The van der Waals surface area contributed by atoms with E-state index in [1.165, 1.54) is 6.20 Å². The van der Waals surface area contributed by atoms with Gasteiger partial charge in [0.05, 0.1) is 12.3 Å². The van der Waals surface area contributed by atoms with Crippen LogP contribution in [0.5, 0.6) is 0 Å². The van der Waals surface area contributed by atoms with Crippen LogP contribution in [0.25, 0.3) is 0 Å². The van der Waals surface area contributed by atoms with Gasteiger partial charge in [0, 0.05) is 31.2 Å². The van der Waals surface area contributed by atoms with Crippen molar-refractivity contribution in [2.75, 3.05) is 13.2 Å². The van der Waals surface area contributed by atoms with Gasteiger partial charge in [-0.1, -0.05) is 6.92 Å². The quantitative estimate of drug-likeness (QED) is 0.680. The minimum absolute atomic E-state index is 0.0574. The molecule has 7 nitrogen and oxygen atoms in total. The number of hydrogen-bond acceptors (Lipinski definition) is 5. The third kappa shape index (κ3) is 3.14. The molecule has 1 fully saturated rings. The van der Waals surface area contributed by atoms with Crippen LogP contribution < -0.4 is 10.5 Å². The largest absolute Gasteiger partial charge is 0.378 e. The average Bonchev–Trinajstić information content (AvgIpc) is 3.04. The highest BCUT2D eigenvalue weighted by Gasteiger charge is 2.29. The molecule has 108 valence electrons. The van der Waals surface area contributed by atoms with Crippen molar-refractivity contribution >= 4 is 10.0 Å². The summed E-state index contributed by atoms with van der Waals surface area (Å²) >= 11 is 0. The van der Waals surface area contributed by atoms with E-state index in [-0.39, 0.29) is 23.6 Å². The number of aromatic nitrogens is 2. The Hall–Kier alpha value is -0.960. The molecular formula is C11H20N4O3S. The van der Waals surface area contributed by atoms with Crippen LogP contribution in [-0.2, 0) is 21.3 Å². The van der Waals surface area contributed by atoms with Crippen LogP contribution in [0.4, 0.5) is 0 Å². The van der Waals surface area contributed by atoms with E-state index in [0.29, 0.717) is 18.7 Å². The van der Waals surface area contributed by atoms with Gasteiger partial charge < -0.3 is 10.5 Å². The molecule has 8 heteroatoms. The number of rotatable bonds is 6. The van der Waals surface area contributed by atoms with Crippen LogP contribution >= 0.6 is 0 Å². The number of nitrogens with one attached hydrogen (secondary N) is 2. The molecule has 0 aromatic carbocycles. The Balaban J connectivity index is 2.02. The number of ether oxygens (including phenoxy) is 1. The highest BCUT2D eigenvalue weighted by molar-refractivity contribution is 7.89. The van der Waals surface area contributed by atoms with Gasteiger partial charge in [-0.3, -0.25) is 5.10 Å². The van der Waals surface area contributed by atoms with Crippen molar-refractivity contribution in [2.45, 2.75) is 37.4 Å². The summed E-state index contributed by atoms with van der Waals surface area (Å²) in [4.78, 5) is 0. The van der Waals surface area contributed by atoms with Gasteiger partial charge in [0.15, 0.2) is 5.03 Å². The van der Waals surface area contributed by atoms with Gasteiger partial charge >= 0.3 is 0 Å². The van der Waals surface area contributed by atoms with E-state index in [4.69, 9.17) is 10.5 Å². The number of hydrogen-bond donors (Lipinski definition) is 3. The number of aromatic amines is 1. The maximum Gasteiger partial charge on any atom is 0.257 e. The summed E-state index contributed by atoms with van der Waals surface area (Å²) in [5.41, 5.74) is 5.97. The zero-order valence-electron chi connectivity index (χ0n) is 10.9. The van der Waals surface area contributed by atoms with Crippen molar-refractivity contribution in [1.29, 1.82) is 0 Å². The molecule has 2 atom stereocenters. The Bertz CT molecular complexity index is 514. The van der Waals surface area contributed by atoms with E-state index in [9.17, 15) is 8.42 Å². The predicted octanol–water partition coefficient (Wildman–Crippen LogP) is -0.0382. The summed E-state index contributed by atoms with van der Waals surface area (Å²) in [6.07, 6.45) is 3.35. The topological polar surface area (TPSA) is 110 Å². The van der Waals surface area contributed by atoms with Crippen molar-refractivity contribution in [3.8, 4) is 0 Å². The first-order valence-corrected chi connectivity index (χ1v) is 7.90. The van der Waals surface area contributed by atoms with Crippen molar-refractivity contribution in [3.63, 3.8) is 0 Å². The first-order chi connectivity index (χ1) is 9.08. The summed E-state index contributed by atoms with van der Waals surface area (Å²) in [6.45, 7) is 3.25. The Kier molecular flexibility index (Phi) is 4.56. The minimum Gasteiger partial charge on any atom is -0.378 e. The molecule has 1 aromatic rings. The van der Waals surface area contributed by atoms with E-state index in [2.05, 4.69) is 14.9 Å². The molecule has 1 saturated heterocycles. The maximum atomic E-state index is 12.1. The van der Waals surface area contributed by atoms with Gasteiger partial charge in [0.25, 0.3) is 10.0 Å². The fourth-order valence-electron chi connectivity index (χ4n) is 2.34. The molecule has 2 heterocycles. The Morgan fingerprint density at radius 1 is 1.63 bits per heavy atom. The van der Waals surface area contributed by atoms with E-state index >= 15 is 0 Å². The Labute approximate surface area is 113 Å². The molecule has 0 saturated carbocycles. The highest BCUT2D eigenvalue weighted by atomic mass is 32.2. The molecule has 2 rings (SSSR count). The summed E-state index contributed by atoms with van der Waals surface area (Å²) in [5.74, 6) is 0.226. The van der Waals surface area contributed by atoms with Gasteiger partial charge in [0.2, 0.25) is 0 Å². The summed E-state index contributed by atoms with van der Waals surface area (Å²) in [7, 11) is -3.58. The van der Waals surface area contributed by atoms with Crippen LogP contribution in [-0.4, -0.2) is 37.9 Å².